The lowest BCUT2D eigenvalue weighted by Gasteiger charge is -2.02. The lowest BCUT2D eigenvalue weighted by Crippen LogP contribution is -2.09. The van der Waals surface area contributed by atoms with Gasteiger partial charge in [0, 0.05) is 25.0 Å². The summed E-state index contributed by atoms with van der Waals surface area (Å²) in [6.07, 6.45) is 3.19. The number of aromatic nitrogens is 2. The van der Waals surface area contributed by atoms with Crippen molar-refractivity contribution in [2.45, 2.75) is 0 Å². The van der Waals surface area contributed by atoms with Crippen LogP contribution in [-0.4, -0.2) is 15.3 Å². The molecule has 1 heterocycles. The Bertz CT molecular complexity index is 548. The second-order valence-electron chi connectivity index (χ2n) is 3.43. The highest BCUT2D eigenvalue weighted by molar-refractivity contribution is 6.07. The summed E-state index contributed by atoms with van der Waals surface area (Å²) in [6.45, 7) is 0. The molecule has 0 aliphatic rings. The van der Waals surface area contributed by atoms with Crippen LogP contribution in [0.4, 0.5) is 10.1 Å². The van der Waals surface area contributed by atoms with Gasteiger partial charge in [-0.2, -0.15) is 0 Å². The highest BCUT2D eigenvalue weighted by Gasteiger charge is 2.14. The van der Waals surface area contributed by atoms with E-state index >= 15 is 0 Å². The van der Waals surface area contributed by atoms with E-state index in [0.717, 1.165) is 0 Å². The molecule has 2 N–H and O–H groups in total. The number of halogens is 1. The van der Waals surface area contributed by atoms with E-state index in [1.807, 2.05) is 0 Å². The molecule has 1 aromatic carbocycles. The van der Waals surface area contributed by atoms with E-state index in [1.54, 1.807) is 17.8 Å². The molecule has 0 atom stereocenters. The Kier molecular flexibility index (Phi) is 2.44. The first-order valence-corrected chi connectivity index (χ1v) is 4.66. The van der Waals surface area contributed by atoms with Gasteiger partial charge < -0.3 is 10.3 Å². The van der Waals surface area contributed by atoms with Crippen LogP contribution in [0.1, 0.15) is 16.2 Å². The summed E-state index contributed by atoms with van der Waals surface area (Å²) in [7, 11) is 1.72. The van der Waals surface area contributed by atoms with Crippen LogP contribution in [0.3, 0.4) is 0 Å². The third-order valence-electron chi connectivity index (χ3n) is 2.28. The molecule has 0 aliphatic heterocycles. The van der Waals surface area contributed by atoms with Gasteiger partial charge in [-0.25, -0.2) is 9.37 Å². The van der Waals surface area contributed by atoms with Crippen molar-refractivity contribution in [3.63, 3.8) is 0 Å². The van der Waals surface area contributed by atoms with Gasteiger partial charge in [0.25, 0.3) is 0 Å². The highest BCUT2D eigenvalue weighted by Crippen LogP contribution is 2.14. The summed E-state index contributed by atoms with van der Waals surface area (Å²) in [5.74, 6) is -0.512. The third-order valence-corrected chi connectivity index (χ3v) is 2.28. The molecule has 82 valence electrons. The molecular weight excluding hydrogens is 209 g/mol. The monoisotopic (exact) mass is 219 g/mol. The van der Waals surface area contributed by atoms with Crippen LogP contribution in [-0.2, 0) is 7.05 Å². The van der Waals surface area contributed by atoms with E-state index < -0.39 is 5.82 Å². The van der Waals surface area contributed by atoms with Crippen LogP contribution >= 0.6 is 0 Å². The first-order valence-electron chi connectivity index (χ1n) is 4.66. The Morgan fingerprint density at radius 3 is 2.81 bits per heavy atom. The van der Waals surface area contributed by atoms with Crippen LogP contribution < -0.4 is 5.73 Å². The third kappa shape index (κ3) is 1.67. The molecule has 0 saturated carbocycles. The molecule has 0 amide bonds. The zero-order valence-corrected chi connectivity index (χ0v) is 8.64. The second-order valence-corrected chi connectivity index (χ2v) is 3.43. The zero-order valence-electron chi connectivity index (χ0n) is 8.64. The molecule has 0 bridgehead atoms. The van der Waals surface area contributed by atoms with Gasteiger partial charge in [0.2, 0.25) is 5.78 Å². The van der Waals surface area contributed by atoms with Gasteiger partial charge in [0.05, 0.1) is 5.69 Å². The number of hydrogen-bond acceptors (Lipinski definition) is 3. The maximum Gasteiger partial charge on any atom is 0.228 e. The second kappa shape index (κ2) is 3.77. The number of aryl methyl sites for hydroxylation is 1. The van der Waals surface area contributed by atoms with Crippen molar-refractivity contribution in [2.75, 3.05) is 5.73 Å². The minimum absolute atomic E-state index is 0.0416. The molecular formula is C11H10FN3O. The van der Waals surface area contributed by atoms with Gasteiger partial charge in [-0.15, -0.1) is 0 Å². The molecule has 0 saturated heterocycles. The SMILES string of the molecule is Cn1ccnc1C(=O)c1ccc(F)c(N)c1. The molecule has 2 aromatic rings. The number of nitrogens with zero attached hydrogens (tertiary/aromatic N) is 2. The van der Waals surface area contributed by atoms with E-state index in [4.69, 9.17) is 5.73 Å². The fourth-order valence-corrected chi connectivity index (χ4v) is 1.40. The largest absolute Gasteiger partial charge is 0.396 e. The van der Waals surface area contributed by atoms with Crippen LogP contribution in [0.2, 0.25) is 0 Å². The maximum atomic E-state index is 12.9. The molecule has 0 fully saturated rings. The smallest absolute Gasteiger partial charge is 0.228 e. The Balaban J connectivity index is 2.42. The Morgan fingerprint density at radius 1 is 1.50 bits per heavy atom. The zero-order chi connectivity index (χ0) is 11.7. The van der Waals surface area contributed by atoms with Crippen LogP contribution in [0, 0.1) is 5.82 Å². The first-order chi connectivity index (χ1) is 7.59. The molecule has 5 heteroatoms. The maximum absolute atomic E-state index is 12.9. The standard InChI is InChI=1S/C11H10FN3O/c1-15-5-4-14-11(15)10(16)7-2-3-8(12)9(13)6-7/h2-6H,13H2,1H3. The average molecular weight is 219 g/mol. The van der Waals surface area contributed by atoms with Crippen LogP contribution in [0.25, 0.3) is 0 Å². The topological polar surface area (TPSA) is 60.9 Å². The number of rotatable bonds is 2. The number of carbonyl (C=O) groups is 1. The Hall–Kier alpha value is -2.17. The van der Waals surface area contributed by atoms with Crippen LogP contribution in [0.15, 0.2) is 30.6 Å². The molecule has 0 aliphatic carbocycles. The summed E-state index contributed by atoms with van der Waals surface area (Å²) in [4.78, 5) is 15.9. The normalized spacial score (nSPS) is 10.4. The summed E-state index contributed by atoms with van der Waals surface area (Å²) in [6, 6.07) is 3.88. The number of nitrogen functional groups attached to an aromatic ring is 1. The van der Waals surface area contributed by atoms with Gasteiger partial charge in [0.15, 0.2) is 5.82 Å². The van der Waals surface area contributed by atoms with Crippen molar-refractivity contribution >= 4 is 11.5 Å². The van der Waals surface area contributed by atoms with Crippen LogP contribution in [0.5, 0.6) is 0 Å². The number of benzene rings is 1. The van der Waals surface area contributed by atoms with Crippen molar-refractivity contribution in [3.05, 3.63) is 47.8 Å². The molecule has 4 nitrogen and oxygen atoms in total. The van der Waals surface area contributed by atoms with Gasteiger partial charge >= 0.3 is 0 Å². The number of ketones is 1. The molecule has 0 radical (unpaired) electrons. The van der Waals surface area contributed by atoms with Crippen molar-refractivity contribution < 1.29 is 9.18 Å². The molecule has 0 spiro atoms. The number of anilines is 1. The number of carbonyl (C=O) groups excluding carboxylic acids is 1. The van der Waals surface area contributed by atoms with E-state index in [-0.39, 0.29) is 11.5 Å². The summed E-state index contributed by atoms with van der Waals surface area (Å²) in [5, 5.41) is 0. The van der Waals surface area contributed by atoms with Crippen molar-refractivity contribution in [1.82, 2.24) is 9.55 Å². The summed E-state index contributed by atoms with van der Waals surface area (Å²) in [5.41, 5.74) is 5.68. The van der Waals surface area contributed by atoms with E-state index in [2.05, 4.69) is 4.98 Å². The first kappa shape index (κ1) is 10.4. The van der Waals surface area contributed by atoms with E-state index in [9.17, 15) is 9.18 Å². The van der Waals surface area contributed by atoms with Gasteiger partial charge in [0.1, 0.15) is 5.82 Å². The minimum Gasteiger partial charge on any atom is -0.396 e. The fraction of sp³-hybridized carbons (Fsp3) is 0.0909. The van der Waals surface area contributed by atoms with Gasteiger partial charge in [-0.05, 0) is 18.2 Å². The summed E-state index contributed by atoms with van der Waals surface area (Å²) < 4.78 is 14.5. The summed E-state index contributed by atoms with van der Waals surface area (Å²) >= 11 is 0. The van der Waals surface area contributed by atoms with Crippen molar-refractivity contribution in [2.24, 2.45) is 7.05 Å². The molecule has 1 aromatic heterocycles. The lowest BCUT2D eigenvalue weighted by atomic mass is 10.1. The van der Waals surface area contributed by atoms with Gasteiger partial charge in [-0.3, -0.25) is 4.79 Å². The Morgan fingerprint density at radius 2 is 2.25 bits per heavy atom. The van der Waals surface area contributed by atoms with E-state index in [1.165, 1.54) is 24.4 Å². The minimum atomic E-state index is -0.531. The number of hydrogen-bond donors (Lipinski definition) is 1. The van der Waals surface area contributed by atoms with Crippen molar-refractivity contribution in [1.29, 1.82) is 0 Å². The molecule has 0 unspecified atom stereocenters. The van der Waals surface area contributed by atoms with Gasteiger partial charge in [-0.1, -0.05) is 0 Å². The number of imidazole rings is 1. The van der Waals surface area contributed by atoms with Crippen molar-refractivity contribution in [3.8, 4) is 0 Å². The predicted octanol–water partition coefficient (Wildman–Crippen LogP) is 1.37. The number of nitrogens with two attached hydrogens (primary N) is 1. The molecule has 16 heavy (non-hydrogen) atoms. The van der Waals surface area contributed by atoms with E-state index in [0.29, 0.717) is 11.4 Å². The fourth-order valence-electron chi connectivity index (χ4n) is 1.40. The quantitative estimate of drug-likeness (QED) is 0.613. The predicted molar refractivity (Wildman–Crippen MR) is 57.5 cm³/mol. The average Bonchev–Trinajstić information content (AvgIpc) is 2.67. The highest BCUT2D eigenvalue weighted by atomic mass is 19.1. The Labute approximate surface area is 91.5 Å². The molecule has 2 rings (SSSR count). The lowest BCUT2D eigenvalue weighted by molar-refractivity contribution is 0.102.